The molecule has 1 aliphatic rings. The predicted molar refractivity (Wildman–Crippen MR) is 58.9 cm³/mol. The van der Waals surface area contributed by atoms with E-state index < -0.39 is 0 Å². The molecule has 0 aliphatic heterocycles. The fraction of sp³-hybridized carbons (Fsp3) is 0.600. The molecule has 0 aromatic carbocycles. The van der Waals surface area contributed by atoms with E-state index in [1.165, 1.54) is 12.8 Å². The first kappa shape index (κ1) is 10.6. The molecule has 1 fully saturated rings. The maximum Gasteiger partial charge on any atom is 0.349 e. The normalized spacial score (nSPS) is 17.2. The van der Waals surface area contributed by atoms with Crippen molar-refractivity contribution in [2.75, 3.05) is 0 Å². The van der Waals surface area contributed by atoms with Crippen molar-refractivity contribution >= 4 is 11.6 Å². The van der Waals surface area contributed by atoms with Crippen LogP contribution in [-0.4, -0.2) is 9.55 Å². The van der Waals surface area contributed by atoms with E-state index in [0.29, 0.717) is 6.54 Å². The van der Waals surface area contributed by atoms with Crippen LogP contribution in [0.4, 0.5) is 0 Å². The van der Waals surface area contributed by atoms with Crippen LogP contribution in [0.2, 0.25) is 5.15 Å². The Labute approximate surface area is 93.1 Å². The van der Waals surface area contributed by atoms with E-state index >= 15 is 0 Å². The summed E-state index contributed by atoms with van der Waals surface area (Å²) < 4.78 is 1.71. The Morgan fingerprint density at radius 1 is 1.53 bits per heavy atom. The summed E-state index contributed by atoms with van der Waals surface area (Å²) in [6.07, 6.45) is 4.42. The minimum atomic E-state index is -0.269. The second-order valence-corrected chi connectivity index (χ2v) is 4.25. The summed E-state index contributed by atoms with van der Waals surface area (Å²) in [5.74, 6) is 0. The molecule has 1 aromatic heterocycles. The second kappa shape index (κ2) is 4.33. The molecule has 2 rings (SSSR count). The predicted octanol–water partition coefficient (Wildman–Crippen LogP) is 1.47. The van der Waals surface area contributed by atoms with Crippen molar-refractivity contribution in [1.29, 1.82) is 0 Å². The average molecular weight is 228 g/mol. The number of rotatable bonds is 2. The molecule has 0 unspecified atom stereocenters. The van der Waals surface area contributed by atoms with Crippen molar-refractivity contribution in [2.45, 2.75) is 38.3 Å². The van der Waals surface area contributed by atoms with Crippen molar-refractivity contribution in [2.24, 2.45) is 5.73 Å². The molecule has 0 radical (unpaired) electrons. The Hall–Kier alpha value is -0.870. The van der Waals surface area contributed by atoms with Crippen molar-refractivity contribution < 1.29 is 0 Å². The molecule has 0 spiro atoms. The van der Waals surface area contributed by atoms with Gasteiger partial charge in [-0.1, -0.05) is 24.4 Å². The maximum atomic E-state index is 11.7. The third-order valence-corrected chi connectivity index (χ3v) is 3.10. The minimum absolute atomic E-state index is 0.231. The summed E-state index contributed by atoms with van der Waals surface area (Å²) in [4.78, 5) is 15.5. The fourth-order valence-corrected chi connectivity index (χ4v) is 2.42. The van der Waals surface area contributed by atoms with Crippen LogP contribution in [0.5, 0.6) is 0 Å². The van der Waals surface area contributed by atoms with Crippen LogP contribution in [0.25, 0.3) is 0 Å². The molecule has 1 saturated carbocycles. The molecule has 82 valence electrons. The highest BCUT2D eigenvalue weighted by Gasteiger charge is 2.20. The molecule has 0 saturated heterocycles. The van der Waals surface area contributed by atoms with E-state index in [9.17, 15) is 4.79 Å². The van der Waals surface area contributed by atoms with Gasteiger partial charge in [-0.3, -0.25) is 4.57 Å². The molecule has 0 amide bonds. The van der Waals surface area contributed by atoms with Crippen LogP contribution in [0.3, 0.4) is 0 Å². The first-order valence-electron chi connectivity index (χ1n) is 5.20. The van der Waals surface area contributed by atoms with Gasteiger partial charge in [-0.15, -0.1) is 0 Å². The Morgan fingerprint density at radius 2 is 2.20 bits per heavy atom. The van der Waals surface area contributed by atoms with E-state index in [1.807, 2.05) is 0 Å². The zero-order chi connectivity index (χ0) is 10.8. The van der Waals surface area contributed by atoms with Crippen molar-refractivity contribution in [3.8, 4) is 0 Å². The number of nitrogens with zero attached hydrogens (tertiary/aromatic N) is 2. The number of halogens is 1. The highest BCUT2D eigenvalue weighted by Crippen LogP contribution is 2.29. The first-order chi connectivity index (χ1) is 7.22. The quantitative estimate of drug-likeness (QED) is 0.779. The Morgan fingerprint density at radius 3 is 2.80 bits per heavy atom. The highest BCUT2D eigenvalue weighted by atomic mass is 35.5. The lowest BCUT2D eigenvalue weighted by Gasteiger charge is -2.17. The summed E-state index contributed by atoms with van der Waals surface area (Å²) >= 11 is 5.73. The van der Waals surface area contributed by atoms with Gasteiger partial charge in [-0.25, -0.2) is 4.79 Å². The van der Waals surface area contributed by atoms with Crippen molar-refractivity contribution in [3.63, 3.8) is 0 Å². The van der Waals surface area contributed by atoms with Gasteiger partial charge in [0.25, 0.3) is 0 Å². The summed E-state index contributed by atoms with van der Waals surface area (Å²) in [5, 5.41) is 0.231. The summed E-state index contributed by atoms with van der Waals surface area (Å²) in [6.45, 7) is 0.327. The van der Waals surface area contributed by atoms with Crippen molar-refractivity contribution in [3.05, 3.63) is 27.4 Å². The van der Waals surface area contributed by atoms with Gasteiger partial charge in [0, 0.05) is 18.3 Å². The average Bonchev–Trinajstić information content (AvgIpc) is 2.69. The molecule has 0 bridgehead atoms. The van der Waals surface area contributed by atoms with Gasteiger partial charge in [0.15, 0.2) is 0 Å². The van der Waals surface area contributed by atoms with Crippen LogP contribution >= 0.6 is 11.6 Å². The lowest BCUT2D eigenvalue weighted by atomic mass is 10.2. The third kappa shape index (κ3) is 2.06. The second-order valence-electron chi connectivity index (χ2n) is 3.87. The zero-order valence-electron chi connectivity index (χ0n) is 8.45. The number of hydrogen-bond donors (Lipinski definition) is 1. The molecule has 2 N–H and O–H groups in total. The van der Waals surface area contributed by atoms with Crippen LogP contribution in [0.1, 0.15) is 37.4 Å². The molecular formula is C10H14ClN3O. The SMILES string of the molecule is NCc1cc(Cl)nc(=O)n1C1CCCC1. The van der Waals surface area contributed by atoms with Crippen LogP contribution in [-0.2, 0) is 6.54 Å². The van der Waals surface area contributed by atoms with E-state index in [2.05, 4.69) is 4.98 Å². The van der Waals surface area contributed by atoms with E-state index in [0.717, 1.165) is 18.5 Å². The lowest BCUT2D eigenvalue weighted by Crippen LogP contribution is -2.30. The van der Waals surface area contributed by atoms with Gasteiger partial charge in [-0.05, 0) is 18.9 Å². The van der Waals surface area contributed by atoms with Crippen LogP contribution < -0.4 is 11.4 Å². The zero-order valence-corrected chi connectivity index (χ0v) is 9.20. The molecule has 1 aromatic rings. The molecule has 5 heteroatoms. The number of nitrogens with two attached hydrogens (primary N) is 1. The Kier molecular flexibility index (Phi) is 3.07. The highest BCUT2D eigenvalue weighted by molar-refractivity contribution is 6.29. The number of hydrogen-bond acceptors (Lipinski definition) is 3. The van der Waals surface area contributed by atoms with Crippen molar-refractivity contribution in [1.82, 2.24) is 9.55 Å². The third-order valence-electron chi connectivity index (χ3n) is 2.90. The molecule has 1 aliphatic carbocycles. The van der Waals surface area contributed by atoms with Gasteiger partial charge in [-0.2, -0.15) is 4.98 Å². The summed E-state index contributed by atoms with van der Waals surface area (Å²) in [7, 11) is 0. The Balaban J connectivity index is 2.48. The maximum absolute atomic E-state index is 11.7. The number of aromatic nitrogens is 2. The molecule has 0 atom stereocenters. The van der Waals surface area contributed by atoms with E-state index in [-0.39, 0.29) is 16.9 Å². The largest absolute Gasteiger partial charge is 0.349 e. The standard InChI is InChI=1S/C10H14ClN3O/c11-9-5-8(6-12)14(10(15)13-9)7-3-1-2-4-7/h5,7H,1-4,6,12H2. The topological polar surface area (TPSA) is 60.9 Å². The lowest BCUT2D eigenvalue weighted by molar-refractivity contribution is 0.473. The fourth-order valence-electron chi connectivity index (χ4n) is 2.22. The van der Waals surface area contributed by atoms with Gasteiger partial charge in [0.2, 0.25) is 0 Å². The monoisotopic (exact) mass is 227 g/mol. The molecular weight excluding hydrogens is 214 g/mol. The van der Waals surface area contributed by atoms with E-state index in [4.69, 9.17) is 17.3 Å². The van der Waals surface area contributed by atoms with Crippen LogP contribution in [0.15, 0.2) is 10.9 Å². The van der Waals surface area contributed by atoms with Gasteiger partial charge in [0.1, 0.15) is 5.15 Å². The summed E-state index contributed by atoms with van der Waals surface area (Å²) in [6, 6.07) is 1.95. The molecule has 15 heavy (non-hydrogen) atoms. The minimum Gasteiger partial charge on any atom is -0.325 e. The molecule has 1 heterocycles. The van der Waals surface area contributed by atoms with E-state index in [1.54, 1.807) is 10.6 Å². The first-order valence-corrected chi connectivity index (χ1v) is 5.58. The van der Waals surface area contributed by atoms with Gasteiger partial charge in [0.05, 0.1) is 0 Å². The molecule has 4 nitrogen and oxygen atoms in total. The Bertz CT molecular complexity index is 410. The van der Waals surface area contributed by atoms with Gasteiger partial charge < -0.3 is 5.73 Å². The summed E-state index contributed by atoms with van der Waals surface area (Å²) in [5.41, 5.74) is 6.13. The van der Waals surface area contributed by atoms with Crippen LogP contribution in [0, 0.1) is 0 Å². The smallest absolute Gasteiger partial charge is 0.325 e. The van der Waals surface area contributed by atoms with Gasteiger partial charge >= 0.3 is 5.69 Å².